The van der Waals surface area contributed by atoms with E-state index in [1.165, 1.54) is 11.6 Å². The average molecular weight is 804 g/mol. The van der Waals surface area contributed by atoms with E-state index in [0.29, 0.717) is 54.3 Å². The number of hydrogen-bond acceptors (Lipinski definition) is 9. The Morgan fingerprint density at radius 3 is 1.97 bits per heavy atom. The molecule has 2 N–H and O–H groups in total. The fraction of sp³-hybridized carbons (Fsp3) is 0.396. The quantitative estimate of drug-likeness (QED) is 0.0938. The van der Waals surface area contributed by atoms with E-state index in [2.05, 4.69) is 22.8 Å². The van der Waals surface area contributed by atoms with Gasteiger partial charge in [0.15, 0.2) is 16.8 Å². The van der Waals surface area contributed by atoms with Crippen LogP contribution in [-0.2, 0) is 21.7 Å². The van der Waals surface area contributed by atoms with E-state index in [0.717, 1.165) is 55.5 Å². The van der Waals surface area contributed by atoms with Crippen molar-refractivity contribution in [1.82, 2.24) is 15.5 Å². The summed E-state index contributed by atoms with van der Waals surface area (Å²) in [6.07, 6.45) is 3.25. The maximum atomic E-state index is 13.4. The molecule has 59 heavy (non-hydrogen) atoms. The largest absolute Gasteiger partial charge is 0.452 e. The topological polar surface area (TPSA) is 129 Å². The molecule has 2 heterocycles. The minimum atomic E-state index is -1.24. The Labute approximate surface area is 347 Å². The maximum absolute atomic E-state index is 13.4. The van der Waals surface area contributed by atoms with Crippen molar-refractivity contribution < 1.29 is 33.0 Å². The highest BCUT2D eigenvalue weighted by Crippen LogP contribution is 2.50. The zero-order valence-electron chi connectivity index (χ0n) is 35.1. The lowest BCUT2D eigenvalue weighted by Crippen LogP contribution is -2.39. The van der Waals surface area contributed by atoms with E-state index >= 15 is 0 Å². The second kappa shape index (κ2) is 18.8. The Balaban J connectivity index is 1.00. The van der Waals surface area contributed by atoms with Crippen LogP contribution in [0.4, 0.5) is 9.59 Å². The van der Waals surface area contributed by atoms with E-state index < -0.39 is 23.1 Å². The monoisotopic (exact) mass is 803 g/mol. The normalized spacial score (nSPS) is 13.3. The summed E-state index contributed by atoms with van der Waals surface area (Å²) in [6.45, 7) is 14.2. The summed E-state index contributed by atoms with van der Waals surface area (Å²) < 4.78 is 30.7. The summed E-state index contributed by atoms with van der Waals surface area (Å²) in [7, 11) is 0. The van der Waals surface area contributed by atoms with Crippen molar-refractivity contribution in [2.45, 2.75) is 90.6 Å². The fourth-order valence-corrected chi connectivity index (χ4v) is 6.86. The zero-order valence-corrected chi connectivity index (χ0v) is 35.1. The van der Waals surface area contributed by atoms with E-state index in [1.807, 2.05) is 114 Å². The number of benzene rings is 4. The van der Waals surface area contributed by atoms with Crippen LogP contribution >= 0.6 is 0 Å². The summed E-state index contributed by atoms with van der Waals surface area (Å²) in [4.78, 5) is 40.0. The highest BCUT2D eigenvalue weighted by Gasteiger charge is 2.46. The van der Waals surface area contributed by atoms with Crippen molar-refractivity contribution in [3.63, 3.8) is 0 Å². The summed E-state index contributed by atoms with van der Waals surface area (Å²) in [5.74, 6) is 0.0919. The second-order valence-corrected chi connectivity index (χ2v) is 16.8. The Hall–Kier alpha value is -5.81. The molecule has 0 bridgehead atoms. The Kier molecular flexibility index (Phi) is 13.7. The van der Waals surface area contributed by atoms with Crippen molar-refractivity contribution in [2.75, 3.05) is 32.7 Å². The molecular formula is C48H57N3O8. The van der Waals surface area contributed by atoms with E-state index in [1.54, 1.807) is 17.0 Å². The van der Waals surface area contributed by atoms with Gasteiger partial charge in [0.05, 0.1) is 5.39 Å². The van der Waals surface area contributed by atoms with Crippen molar-refractivity contribution in [2.24, 2.45) is 0 Å². The van der Waals surface area contributed by atoms with Gasteiger partial charge in [-0.15, -0.1) is 0 Å². The summed E-state index contributed by atoms with van der Waals surface area (Å²) >= 11 is 0. The summed E-state index contributed by atoms with van der Waals surface area (Å²) in [6, 6.07) is 32.6. The molecule has 2 amide bonds. The second-order valence-electron chi connectivity index (χ2n) is 16.8. The number of nitrogens with one attached hydrogen (secondary N) is 2. The molecule has 0 atom stereocenters. The van der Waals surface area contributed by atoms with Gasteiger partial charge < -0.3 is 38.9 Å². The molecule has 312 valence electrons. The van der Waals surface area contributed by atoms with Crippen LogP contribution in [0, 0.1) is 0 Å². The van der Waals surface area contributed by atoms with Crippen LogP contribution in [0.2, 0.25) is 0 Å². The van der Waals surface area contributed by atoms with Crippen LogP contribution in [0.3, 0.4) is 0 Å². The van der Waals surface area contributed by atoms with Crippen LogP contribution < -0.4 is 25.5 Å². The number of nitrogens with zero attached hydrogens (tertiary/aromatic N) is 1. The molecule has 4 aromatic carbocycles. The molecule has 0 fully saturated rings. The number of aryl methyl sites for hydroxylation is 1. The van der Waals surface area contributed by atoms with Gasteiger partial charge in [0.1, 0.15) is 17.0 Å². The molecule has 1 aliphatic heterocycles. The van der Waals surface area contributed by atoms with Gasteiger partial charge in [-0.3, -0.25) is 4.79 Å². The van der Waals surface area contributed by atoms with Crippen molar-refractivity contribution in [3.8, 4) is 22.8 Å². The Morgan fingerprint density at radius 1 is 0.695 bits per heavy atom. The first-order chi connectivity index (χ1) is 28.2. The molecule has 1 aliphatic rings. The van der Waals surface area contributed by atoms with Crippen LogP contribution in [0.5, 0.6) is 11.5 Å². The van der Waals surface area contributed by atoms with E-state index in [9.17, 15) is 14.4 Å². The van der Waals surface area contributed by atoms with Crippen molar-refractivity contribution in [1.29, 1.82) is 0 Å². The molecule has 0 unspecified atom stereocenters. The third-order valence-corrected chi connectivity index (χ3v) is 9.64. The zero-order chi connectivity index (χ0) is 42.0. The van der Waals surface area contributed by atoms with Gasteiger partial charge in [0.2, 0.25) is 5.75 Å². The van der Waals surface area contributed by atoms with Crippen LogP contribution in [0.25, 0.3) is 22.3 Å². The molecule has 0 saturated heterocycles. The highest BCUT2D eigenvalue weighted by atomic mass is 16.7. The SMILES string of the molecule is CC(C)(C)OC(=O)NCCCCN(CCCNCCCc1ccc(-c2cc(=O)c3ccc4c(c3o2)OC(c2ccccc2)(c2ccccc2)O4)cc1)C(=O)OC(C)(C)C. The fourth-order valence-electron chi connectivity index (χ4n) is 6.86. The molecular weight excluding hydrogens is 747 g/mol. The number of ether oxygens (including phenoxy) is 4. The van der Waals surface area contributed by atoms with Crippen molar-refractivity contribution >= 4 is 23.2 Å². The van der Waals surface area contributed by atoms with Gasteiger partial charge in [0.25, 0.3) is 0 Å². The van der Waals surface area contributed by atoms with Gasteiger partial charge in [0, 0.05) is 42.4 Å². The van der Waals surface area contributed by atoms with Gasteiger partial charge in [-0.1, -0.05) is 84.9 Å². The van der Waals surface area contributed by atoms with Gasteiger partial charge in [-0.05, 0) is 104 Å². The summed E-state index contributed by atoms with van der Waals surface area (Å²) in [5.41, 5.74) is 2.64. The molecule has 0 spiro atoms. The van der Waals surface area contributed by atoms with Crippen LogP contribution in [0.1, 0.15) is 83.9 Å². The predicted molar refractivity (Wildman–Crippen MR) is 230 cm³/mol. The molecule has 0 saturated carbocycles. The third-order valence-electron chi connectivity index (χ3n) is 9.64. The molecule has 11 heteroatoms. The molecule has 11 nitrogen and oxygen atoms in total. The number of hydrogen-bond donors (Lipinski definition) is 2. The number of fused-ring (bicyclic) bond motifs is 3. The number of carbonyl (C=O) groups excluding carboxylic acids is 2. The molecule has 5 aromatic rings. The molecule has 0 radical (unpaired) electrons. The first-order valence-electron chi connectivity index (χ1n) is 20.6. The molecule has 0 aliphatic carbocycles. The first-order valence-corrected chi connectivity index (χ1v) is 20.6. The van der Waals surface area contributed by atoms with Crippen LogP contribution in [-0.4, -0.2) is 61.0 Å². The van der Waals surface area contributed by atoms with E-state index in [4.69, 9.17) is 23.4 Å². The maximum Gasteiger partial charge on any atom is 0.410 e. The number of unbranched alkanes of at least 4 members (excludes halogenated alkanes) is 1. The van der Waals surface area contributed by atoms with Gasteiger partial charge >= 0.3 is 18.0 Å². The Morgan fingerprint density at radius 2 is 1.32 bits per heavy atom. The number of alkyl carbamates (subject to hydrolysis) is 1. The molecule has 1 aromatic heterocycles. The van der Waals surface area contributed by atoms with Gasteiger partial charge in [-0.2, -0.15) is 0 Å². The minimum absolute atomic E-state index is 0.165. The van der Waals surface area contributed by atoms with Crippen molar-refractivity contribution in [3.05, 3.63) is 130 Å². The third kappa shape index (κ3) is 11.4. The lowest BCUT2D eigenvalue weighted by molar-refractivity contribution is -0.0456. The number of amides is 2. The number of carbonyl (C=O) groups is 2. The van der Waals surface area contributed by atoms with Crippen LogP contribution in [0.15, 0.2) is 112 Å². The highest BCUT2D eigenvalue weighted by molar-refractivity contribution is 5.87. The number of rotatable bonds is 16. The lowest BCUT2D eigenvalue weighted by atomic mass is 9.97. The smallest absolute Gasteiger partial charge is 0.410 e. The lowest BCUT2D eigenvalue weighted by Gasteiger charge is -2.28. The Bertz CT molecular complexity index is 2190. The molecule has 6 rings (SSSR count). The average Bonchev–Trinajstić information content (AvgIpc) is 3.61. The summed E-state index contributed by atoms with van der Waals surface area (Å²) in [5, 5.41) is 6.69. The first kappa shape index (κ1) is 42.8. The predicted octanol–water partition coefficient (Wildman–Crippen LogP) is 9.59. The van der Waals surface area contributed by atoms with E-state index in [-0.39, 0.29) is 11.5 Å². The standard InChI is InChI=1S/C48H57N3O8/c1-46(2,3)58-44(53)50-30-13-14-31-51(45(54)59-47(4,5)6)32-16-29-49-28-15-17-34-22-24-35(25-23-34)41-33-39(52)38-26-27-40-43(42(38)55-41)57-48(56-40,36-18-9-7-10-19-36)37-20-11-8-12-21-37/h7-12,18-27,33,49H,13-17,28-32H2,1-6H3,(H,50,53). The van der Waals surface area contributed by atoms with Gasteiger partial charge in [-0.25, -0.2) is 9.59 Å². The minimum Gasteiger partial charge on any atom is -0.452 e.